The Morgan fingerprint density at radius 1 is 1.11 bits per heavy atom. The fraction of sp³-hybridized carbons (Fsp3) is 0.571. The molecule has 3 nitrogen and oxygen atoms in total. The zero-order valence-corrected chi connectivity index (χ0v) is 12.5. The van der Waals surface area contributed by atoms with E-state index in [1.807, 2.05) is 12.1 Å². The summed E-state index contributed by atoms with van der Waals surface area (Å²) < 4.78 is 26.3. The molecule has 1 aliphatic carbocycles. The summed E-state index contributed by atoms with van der Waals surface area (Å²) in [4.78, 5) is 0.317. The molecule has 1 aromatic carbocycles. The maximum Gasteiger partial charge on any atom is 0.240 e. The standard InChI is InChI=1S/C14H20ClNO2S/c15-10-11-16-19(17,18)14-8-6-13(7-9-14)12-4-2-1-3-5-12/h6-9,12,16H,1-5,10-11H2. The Hall–Kier alpha value is -0.580. The summed E-state index contributed by atoms with van der Waals surface area (Å²) in [5.41, 5.74) is 1.26. The Morgan fingerprint density at radius 3 is 2.32 bits per heavy atom. The predicted octanol–water partition coefficient (Wildman–Crippen LogP) is 3.25. The van der Waals surface area contributed by atoms with Crippen LogP contribution in [0.2, 0.25) is 0 Å². The zero-order valence-electron chi connectivity index (χ0n) is 10.9. The Labute approximate surface area is 120 Å². The lowest BCUT2D eigenvalue weighted by atomic mass is 9.84. The molecule has 0 aromatic heterocycles. The molecule has 1 saturated carbocycles. The van der Waals surface area contributed by atoms with Crippen molar-refractivity contribution in [1.82, 2.24) is 4.72 Å². The lowest BCUT2D eigenvalue weighted by Crippen LogP contribution is -2.25. The van der Waals surface area contributed by atoms with Crippen molar-refractivity contribution in [2.45, 2.75) is 42.9 Å². The minimum absolute atomic E-state index is 0.258. The average Bonchev–Trinajstić information content (AvgIpc) is 2.46. The lowest BCUT2D eigenvalue weighted by Gasteiger charge is -2.22. The molecule has 0 saturated heterocycles. The maximum atomic E-state index is 11.9. The molecular formula is C14H20ClNO2S. The first-order valence-electron chi connectivity index (χ1n) is 6.79. The molecule has 1 aromatic rings. The minimum atomic E-state index is -3.40. The molecule has 1 N–H and O–H groups in total. The van der Waals surface area contributed by atoms with Gasteiger partial charge in [-0.05, 0) is 36.5 Å². The van der Waals surface area contributed by atoms with Gasteiger partial charge in [0.15, 0.2) is 0 Å². The van der Waals surface area contributed by atoms with Crippen molar-refractivity contribution in [3.8, 4) is 0 Å². The highest BCUT2D eigenvalue weighted by molar-refractivity contribution is 7.89. The van der Waals surface area contributed by atoms with Crippen molar-refractivity contribution >= 4 is 21.6 Å². The summed E-state index contributed by atoms with van der Waals surface area (Å²) in [5, 5.41) is 0. The maximum absolute atomic E-state index is 11.9. The second kappa shape index (κ2) is 6.73. The van der Waals surface area contributed by atoms with Gasteiger partial charge in [0, 0.05) is 12.4 Å². The van der Waals surface area contributed by atoms with Crippen LogP contribution in [0.15, 0.2) is 29.2 Å². The molecule has 0 heterocycles. The number of sulfonamides is 1. The first-order chi connectivity index (χ1) is 9.13. The van der Waals surface area contributed by atoms with Gasteiger partial charge >= 0.3 is 0 Å². The third-order valence-corrected chi connectivity index (χ3v) is 5.32. The lowest BCUT2D eigenvalue weighted by molar-refractivity contribution is 0.443. The Kier molecular flexibility index (Phi) is 5.25. The predicted molar refractivity (Wildman–Crippen MR) is 78.2 cm³/mol. The van der Waals surface area contributed by atoms with E-state index in [1.54, 1.807) is 12.1 Å². The van der Waals surface area contributed by atoms with Crippen molar-refractivity contribution in [2.24, 2.45) is 0 Å². The molecule has 0 atom stereocenters. The van der Waals surface area contributed by atoms with Gasteiger partial charge < -0.3 is 0 Å². The van der Waals surface area contributed by atoms with Crippen LogP contribution in [0.5, 0.6) is 0 Å². The second-order valence-electron chi connectivity index (χ2n) is 4.99. The zero-order chi connectivity index (χ0) is 13.7. The fourth-order valence-corrected chi connectivity index (χ4v) is 3.85. The van der Waals surface area contributed by atoms with Gasteiger partial charge in [0.2, 0.25) is 10.0 Å². The van der Waals surface area contributed by atoms with Crippen molar-refractivity contribution in [1.29, 1.82) is 0 Å². The molecule has 0 aliphatic heterocycles. The first-order valence-corrected chi connectivity index (χ1v) is 8.81. The normalized spacial score (nSPS) is 17.5. The molecule has 5 heteroatoms. The first kappa shape index (κ1) is 14.8. The molecule has 1 aliphatic rings. The number of hydrogen-bond donors (Lipinski definition) is 1. The van der Waals surface area contributed by atoms with Crippen LogP contribution in [-0.2, 0) is 10.0 Å². The smallest absolute Gasteiger partial charge is 0.210 e. The summed E-state index contributed by atoms with van der Waals surface area (Å²) in [6, 6.07) is 7.29. The Bertz CT molecular complexity index is 493. The van der Waals surface area contributed by atoms with E-state index in [0.29, 0.717) is 10.8 Å². The third-order valence-electron chi connectivity index (χ3n) is 3.65. The highest BCUT2D eigenvalue weighted by Crippen LogP contribution is 2.32. The third kappa shape index (κ3) is 3.94. The van der Waals surface area contributed by atoms with Crippen LogP contribution in [0.25, 0.3) is 0 Å². The second-order valence-corrected chi connectivity index (χ2v) is 7.14. The van der Waals surface area contributed by atoms with E-state index in [1.165, 1.54) is 37.7 Å². The van der Waals surface area contributed by atoms with E-state index in [9.17, 15) is 8.42 Å². The molecule has 1 fully saturated rings. The van der Waals surface area contributed by atoms with Gasteiger partial charge in [0.1, 0.15) is 0 Å². The molecule has 19 heavy (non-hydrogen) atoms. The van der Waals surface area contributed by atoms with Gasteiger partial charge in [0.25, 0.3) is 0 Å². The van der Waals surface area contributed by atoms with Crippen molar-refractivity contribution in [2.75, 3.05) is 12.4 Å². The van der Waals surface area contributed by atoms with E-state index in [2.05, 4.69) is 4.72 Å². The van der Waals surface area contributed by atoms with Gasteiger partial charge in [-0.1, -0.05) is 31.4 Å². The van der Waals surface area contributed by atoms with E-state index in [4.69, 9.17) is 11.6 Å². The summed E-state index contributed by atoms with van der Waals surface area (Å²) >= 11 is 5.49. The van der Waals surface area contributed by atoms with Gasteiger partial charge in [-0.2, -0.15) is 0 Å². The summed E-state index contributed by atoms with van der Waals surface area (Å²) in [5.74, 6) is 0.876. The van der Waals surface area contributed by atoms with Gasteiger partial charge in [-0.3, -0.25) is 0 Å². The van der Waals surface area contributed by atoms with Crippen molar-refractivity contribution in [3.63, 3.8) is 0 Å². The van der Waals surface area contributed by atoms with E-state index < -0.39 is 10.0 Å². The summed E-state index contributed by atoms with van der Waals surface area (Å²) in [6.45, 7) is 0.258. The monoisotopic (exact) mass is 301 g/mol. The average molecular weight is 302 g/mol. The summed E-state index contributed by atoms with van der Waals surface area (Å²) in [6.07, 6.45) is 6.32. The van der Waals surface area contributed by atoms with E-state index in [-0.39, 0.29) is 12.4 Å². The molecule has 0 spiro atoms. The van der Waals surface area contributed by atoms with Crippen LogP contribution in [0.1, 0.15) is 43.6 Å². The molecule has 0 amide bonds. The number of nitrogens with one attached hydrogen (secondary N) is 1. The number of rotatable bonds is 5. The van der Waals surface area contributed by atoms with E-state index in [0.717, 1.165) is 0 Å². The van der Waals surface area contributed by atoms with Gasteiger partial charge in [-0.25, -0.2) is 13.1 Å². The summed E-state index contributed by atoms with van der Waals surface area (Å²) in [7, 11) is -3.40. The largest absolute Gasteiger partial charge is 0.240 e. The fourth-order valence-electron chi connectivity index (χ4n) is 2.61. The van der Waals surface area contributed by atoms with Crippen LogP contribution in [-0.4, -0.2) is 20.8 Å². The van der Waals surface area contributed by atoms with Gasteiger partial charge in [0.05, 0.1) is 4.90 Å². The van der Waals surface area contributed by atoms with Crippen LogP contribution < -0.4 is 4.72 Å². The van der Waals surface area contributed by atoms with Crippen LogP contribution in [0.4, 0.5) is 0 Å². The number of alkyl halides is 1. The molecule has 0 unspecified atom stereocenters. The molecular weight excluding hydrogens is 282 g/mol. The highest BCUT2D eigenvalue weighted by Gasteiger charge is 2.17. The van der Waals surface area contributed by atoms with E-state index >= 15 is 0 Å². The minimum Gasteiger partial charge on any atom is -0.210 e. The molecule has 0 bridgehead atoms. The quantitative estimate of drug-likeness (QED) is 0.849. The van der Waals surface area contributed by atoms with Crippen LogP contribution in [0, 0.1) is 0 Å². The van der Waals surface area contributed by atoms with Crippen molar-refractivity contribution in [3.05, 3.63) is 29.8 Å². The van der Waals surface area contributed by atoms with Crippen LogP contribution >= 0.6 is 11.6 Å². The molecule has 2 rings (SSSR count). The van der Waals surface area contributed by atoms with Crippen LogP contribution in [0.3, 0.4) is 0 Å². The number of hydrogen-bond acceptors (Lipinski definition) is 2. The Balaban J connectivity index is 2.09. The SMILES string of the molecule is O=S(=O)(NCCCl)c1ccc(C2CCCCC2)cc1. The van der Waals surface area contributed by atoms with Crippen molar-refractivity contribution < 1.29 is 8.42 Å². The molecule has 0 radical (unpaired) electrons. The molecule has 106 valence electrons. The highest BCUT2D eigenvalue weighted by atomic mass is 35.5. The number of halogens is 1. The number of benzene rings is 1. The Morgan fingerprint density at radius 2 is 1.74 bits per heavy atom. The van der Waals surface area contributed by atoms with Gasteiger partial charge in [-0.15, -0.1) is 11.6 Å². The topological polar surface area (TPSA) is 46.2 Å².